The van der Waals surface area contributed by atoms with Gasteiger partial charge in [-0.2, -0.15) is 0 Å². The maximum absolute atomic E-state index is 5.27. The zero-order chi connectivity index (χ0) is 6.81. The summed E-state index contributed by atoms with van der Waals surface area (Å²) in [6.45, 7) is 0. The van der Waals surface area contributed by atoms with Gasteiger partial charge in [-0.25, -0.2) is 0 Å². The maximum Gasteiger partial charge on any atom is 0.110 e. The van der Waals surface area contributed by atoms with Crippen LogP contribution in [0.4, 0.5) is 0 Å². The molecule has 1 atom stereocenters. The summed E-state index contributed by atoms with van der Waals surface area (Å²) in [5, 5.41) is 0. The molecule has 52 valence electrons. The van der Waals surface area contributed by atoms with Gasteiger partial charge in [0.2, 0.25) is 0 Å². The standard InChI is InChI=1S/C9H10O/c1-2-5-8(4-1)9-6-3-7-10-9/h1,3-4,6-8H,2,5H2. The Bertz CT molecular complexity index is 221. The van der Waals surface area contributed by atoms with Gasteiger partial charge in [0.05, 0.1) is 6.26 Å². The van der Waals surface area contributed by atoms with Gasteiger partial charge in [-0.05, 0) is 25.0 Å². The molecule has 0 bridgehead atoms. The third-order valence-electron chi connectivity index (χ3n) is 1.92. The predicted octanol–water partition coefficient (Wildman–Crippen LogP) is 2.71. The second-order valence-corrected chi connectivity index (χ2v) is 2.63. The normalized spacial score (nSPS) is 23.8. The molecular formula is C9H10O. The van der Waals surface area contributed by atoms with Crippen LogP contribution in [-0.4, -0.2) is 0 Å². The van der Waals surface area contributed by atoms with Crippen molar-refractivity contribution in [2.45, 2.75) is 18.8 Å². The van der Waals surface area contributed by atoms with E-state index in [-0.39, 0.29) is 0 Å². The molecule has 1 aromatic rings. The Balaban J connectivity index is 2.20. The molecular weight excluding hydrogens is 124 g/mol. The number of hydrogen-bond donors (Lipinski definition) is 0. The summed E-state index contributed by atoms with van der Waals surface area (Å²) in [7, 11) is 0. The molecule has 0 radical (unpaired) electrons. The second-order valence-electron chi connectivity index (χ2n) is 2.63. The first kappa shape index (κ1) is 5.78. The van der Waals surface area contributed by atoms with Crippen LogP contribution in [0.2, 0.25) is 0 Å². The molecule has 1 heteroatoms. The van der Waals surface area contributed by atoms with Crippen molar-refractivity contribution in [1.29, 1.82) is 0 Å². The minimum atomic E-state index is 0.551. The van der Waals surface area contributed by atoms with E-state index in [1.165, 1.54) is 12.8 Å². The number of furan rings is 1. The van der Waals surface area contributed by atoms with E-state index in [1.807, 2.05) is 12.1 Å². The third kappa shape index (κ3) is 0.878. The molecule has 0 aliphatic heterocycles. The molecule has 10 heavy (non-hydrogen) atoms. The van der Waals surface area contributed by atoms with Crippen molar-refractivity contribution >= 4 is 0 Å². The molecule has 1 unspecified atom stereocenters. The molecule has 0 N–H and O–H groups in total. The van der Waals surface area contributed by atoms with Crippen LogP contribution >= 0.6 is 0 Å². The molecule has 1 heterocycles. The molecule has 0 saturated heterocycles. The molecule has 1 nitrogen and oxygen atoms in total. The smallest absolute Gasteiger partial charge is 0.110 e. The topological polar surface area (TPSA) is 13.1 Å². The highest BCUT2D eigenvalue weighted by molar-refractivity contribution is 5.16. The van der Waals surface area contributed by atoms with Gasteiger partial charge in [0, 0.05) is 5.92 Å². The van der Waals surface area contributed by atoms with Crippen molar-refractivity contribution in [3.8, 4) is 0 Å². The Labute approximate surface area is 60.4 Å². The summed E-state index contributed by atoms with van der Waals surface area (Å²) in [4.78, 5) is 0. The first-order valence-electron chi connectivity index (χ1n) is 3.67. The van der Waals surface area contributed by atoms with Gasteiger partial charge in [0.25, 0.3) is 0 Å². The van der Waals surface area contributed by atoms with Gasteiger partial charge < -0.3 is 4.42 Å². The van der Waals surface area contributed by atoms with Crippen molar-refractivity contribution in [3.63, 3.8) is 0 Å². The van der Waals surface area contributed by atoms with E-state index in [0.29, 0.717) is 5.92 Å². The molecule has 1 aromatic heterocycles. The quantitative estimate of drug-likeness (QED) is 0.538. The van der Waals surface area contributed by atoms with E-state index in [4.69, 9.17) is 4.42 Å². The zero-order valence-corrected chi connectivity index (χ0v) is 5.79. The molecule has 0 spiro atoms. The van der Waals surface area contributed by atoms with Crippen molar-refractivity contribution in [2.24, 2.45) is 0 Å². The predicted molar refractivity (Wildman–Crippen MR) is 39.8 cm³/mol. The highest BCUT2D eigenvalue weighted by Gasteiger charge is 2.13. The van der Waals surface area contributed by atoms with Crippen molar-refractivity contribution in [2.75, 3.05) is 0 Å². The fraction of sp³-hybridized carbons (Fsp3) is 0.333. The fourth-order valence-corrected chi connectivity index (χ4v) is 1.37. The van der Waals surface area contributed by atoms with Gasteiger partial charge in [-0.1, -0.05) is 12.2 Å². The van der Waals surface area contributed by atoms with Crippen LogP contribution in [-0.2, 0) is 0 Å². The van der Waals surface area contributed by atoms with Crippen molar-refractivity contribution in [3.05, 3.63) is 36.3 Å². The van der Waals surface area contributed by atoms with Crippen LogP contribution in [0.5, 0.6) is 0 Å². The highest BCUT2D eigenvalue weighted by Crippen LogP contribution is 2.27. The van der Waals surface area contributed by atoms with Crippen LogP contribution in [0.1, 0.15) is 24.5 Å². The van der Waals surface area contributed by atoms with E-state index in [2.05, 4.69) is 12.2 Å². The summed E-state index contributed by atoms with van der Waals surface area (Å²) in [6.07, 6.45) is 8.59. The Morgan fingerprint density at radius 1 is 1.50 bits per heavy atom. The second kappa shape index (κ2) is 2.33. The lowest BCUT2D eigenvalue weighted by Crippen LogP contribution is -1.85. The van der Waals surface area contributed by atoms with E-state index in [1.54, 1.807) is 6.26 Å². The molecule has 2 rings (SSSR count). The number of hydrogen-bond acceptors (Lipinski definition) is 1. The largest absolute Gasteiger partial charge is 0.469 e. The van der Waals surface area contributed by atoms with Crippen molar-refractivity contribution in [1.82, 2.24) is 0 Å². The van der Waals surface area contributed by atoms with Gasteiger partial charge in [0.15, 0.2) is 0 Å². The minimum Gasteiger partial charge on any atom is -0.469 e. The fourth-order valence-electron chi connectivity index (χ4n) is 1.37. The van der Waals surface area contributed by atoms with Gasteiger partial charge in [-0.15, -0.1) is 0 Å². The number of rotatable bonds is 1. The van der Waals surface area contributed by atoms with Crippen molar-refractivity contribution < 1.29 is 4.42 Å². The number of allylic oxidation sites excluding steroid dienone is 2. The lowest BCUT2D eigenvalue weighted by atomic mass is 10.1. The zero-order valence-electron chi connectivity index (χ0n) is 5.79. The summed E-state index contributed by atoms with van der Waals surface area (Å²) in [5.41, 5.74) is 0. The van der Waals surface area contributed by atoms with E-state index < -0.39 is 0 Å². The summed E-state index contributed by atoms with van der Waals surface area (Å²) >= 11 is 0. The summed E-state index contributed by atoms with van der Waals surface area (Å²) in [6, 6.07) is 3.99. The Hall–Kier alpha value is -0.980. The minimum absolute atomic E-state index is 0.551. The third-order valence-corrected chi connectivity index (χ3v) is 1.92. The first-order valence-corrected chi connectivity index (χ1v) is 3.67. The Morgan fingerprint density at radius 2 is 2.50 bits per heavy atom. The maximum atomic E-state index is 5.27. The van der Waals surface area contributed by atoms with E-state index in [9.17, 15) is 0 Å². The highest BCUT2D eigenvalue weighted by atomic mass is 16.3. The van der Waals surface area contributed by atoms with Gasteiger partial charge >= 0.3 is 0 Å². The molecule has 0 saturated carbocycles. The Morgan fingerprint density at radius 3 is 3.10 bits per heavy atom. The lowest BCUT2D eigenvalue weighted by Gasteiger charge is -2.00. The SMILES string of the molecule is C1=CC(c2ccco2)CC1. The summed E-state index contributed by atoms with van der Waals surface area (Å²) in [5.74, 6) is 1.66. The molecule has 1 aliphatic carbocycles. The van der Waals surface area contributed by atoms with Crippen LogP contribution in [0.3, 0.4) is 0 Å². The van der Waals surface area contributed by atoms with Crippen LogP contribution < -0.4 is 0 Å². The molecule has 0 fully saturated rings. The molecule has 1 aliphatic rings. The summed E-state index contributed by atoms with van der Waals surface area (Å²) < 4.78 is 5.27. The van der Waals surface area contributed by atoms with Crippen LogP contribution in [0.15, 0.2) is 35.0 Å². The first-order chi connectivity index (χ1) is 4.97. The van der Waals surface area contributed by atoms with Crippen LogP contribution in [0.25, 0.3) is 0 Å². The lowest BCUT2D eigenvalue weighted by molar-refractivity contribution is 0.487. The van der Waals surface area contributed by atoms with E-state index >= 15 is 0 Å². The van der Waals surface area contributed by atoms with Crippen LogP contribution in [0, 0.1) is 0 Å². The average molecular weight is 134 g/mol. The van der Waals surface area contributed by atoms with E-state index in [0.717, 1.165) is 5.76 Å². The average Bonchev–Trinajstić information content (AvgIpc) is 2.59. The Kier molecular flexibility index (Phi) is 1.35. The monoisotopic (exact) mass is 134 g/mol. The van der Waals surface area contributed by atoms with Gasteiger partial charge in [0.1, 0.15) is 5.76 Å². The van der Waals surface area contributed by atoms with Gasteiger partial charge in [-0.3, -0.25) is 0 Å². The molecule has 0 aromatic carbocycles. The molecule has 0 amide bonds.